The zero-order chi connectivity index (χ0) is 15.1. The van der Waals surface area contributed by atoms with Gasteiger partial charge in [0.2, 0.25) is 0 Å². The van der Waals surface area contributed by atoms with Crippen molar-refractivity contribution in [1.29, 1.82) is 0 Å². The maximum atomic E-state index is 8.79. The largest absolute Gasteiger partial charge is 0.413 e. The summed E-state index contributed by atoms with van der Waals surface area (Å²) in [6, 6.07) is 0. The number of allylic oxidation sites excluding steroid dienone is 2. The molecule has 19 heavy (non-hydrogen) atoms. The fourth-order valence-corrected chi connectivity index (χ4v) is 2.40. The molecule has 0 aromatic rings. The SMILES string of the molecule is C/C(=C\CO)CC/C=C(\C)CO[Si](C)(C)C(C)(C)C. The first-order valence-electron chi connectivity index (χ1n) is 7.16. The summed E-state index contributed by atoms with van der Waals surface area (Å²) in [5.74, 6) is 0. The molecule has 0 aromatic heterocycles. The van der Waals surface area contributed by atoms with Gasteiger partial charge in [0.1, 0.15) is 0 Å². The quantitative estimate of drug-likeness (QED) is 0.543. The van der Waals surface area contributed by atoms with Crippen molar-refractivity contribution in [1.82, 2.24) is 0 Å². The Morgan fingerprint density at radius 2 is 1.68 bits per heavy atom. The first-order chi connectivity index (χ1) is 8.60. The lowest BCUT2D eigenvalue weighted by atomic mass is 10.1. The van der Waals surface area contributed by atoms with Gasteiger partial charge in [0, 0.05) is 0 Å². The summed E-state index contributed by atoms with van der Waals surface area (Å²) in [7, 11) is -1.63. The molecule has 2 nitrogen and oxygen atoms in total. The molecule has 0 heterocycles. The van der Waals surface area contributed by atoms with Crippen LogP contribution in [0, 0.1) is 0 Å². The number of rotatable bonds is 7. The van der Waals surface area contributed by atoms with Crippen LogP contribution in [0.4, 0.5) is 0 Å². The average Bonchev–Trinajstić information content (AvgIpc) is 2.25. The molecule has 0 saturated heterocycles. The van der Waals surface area contributed by atoms with Crippen LogP contribution >= 0.6 is 0 Å². The third kappa shape index (κ3) is 7.70. The third-order valence-electron chi connectivity index (χ3n) is 3.94. The summed E-state index contributed by atoms with van der Waals surface area (Å²) < 4.78 is 6.18. The van der Waals surface area contributed by atoms with Crippen LogP contribution in [0.1, 0.15) is 47.5 Å². The molecule has 0 radical (unpaired) electrons. The zero-order valence-corrected chi connectivity index (χ0v) is 14.8. The Kier molecular flexibility index (Phi) is 7.87. The lowest BCUT2D eigenvalue weighted by Gasteiger charge is -2.36. The topological polar surface area (TPSA) is 29.5 Å². The van der Waals surface area contributed by atoms with Crippen LogP contribution in [-0.4, -0.2) is 26.6 Å². The lowest BCUT2D eigenvalue weighted by molar-refractivity contribution is 0.318. The van der Waals surface area contributed by atoms with Gasteiger partial charge in [-0.15, -0.1) is 0 Å². The monoisotopic (exact) mass is 284 g/mol. The maximum absolute atomic E-state index is 8.79. The molecule has 0 spiro atoms. The molecule has 0 bridgehead atoms. The van der Waals surface area contributed by atoms with E-state index in [0.717, 1.165) is 19.4 Å². The summed E-state index contributed by atoms with van der Waals surface area (Å²) >= 11 is 0. The molecule has 0 atom stereocenters. The van der Waals surface area contributed by atoms with Crippen LogP contribution in [0.5, 0.6) is 0 Å². The van der Waals surface area contributed by atoms with E-state index in [2.05, 4.69) is 53.8 Å². The highest BCUT2D eigenvalue weighted by molar-refractivity contribution is 6.74. The van der Waals surface area contributed by atoms with Crippen molar-refractivity contribution in [3.05, 3.63) is 23.3 Å². The summed E-state index contributed by atoms with van der Waals surface area (Å²) in [4.78, 5) is 0. The van der Waals surface area contributed by atoms with E-state index >= 15 is 0 Å². The van der Waals surface area contributed by atoms with Gasteiger partial charge in [-0.1, -0.05) is 44.1 Å². The van der Waals surface area contributed by atoms with E-state index in [0.29, 0.717) is 0 Å². The fourth-order valence-electron chi connectivity index (χ4n) is 1.37. The number of aliphatic hydroxyl groups excluding tert-OH is 1. The number of hydrogen-bond donors (Lipinski definition) is 1. The van der Waals surface area contributed by atoms with Crippen molar-refractivity contribution >= 4 is 8.32 Å². The van der Waals surface area contributed by atoms with E-state index in [1.54, 1.807) is 0 Å². The highest BCUT2D eigenvalue weighted by Crippen LogP contribution is 2.36. The van der Waals surface area contributed by atoms with Crippen LogP contribution in [-0.2, 0) is 4.43 Å². The van der Waals surface area contributed by atoms with Gasteiger partial charge in [0.05, 0.1) is 13.2 Å². The molecule has 0 aromatic carbocycles. The van der Waals surface area contributed by atoms with Crippen LogP contribution in [0.2, 0.25) is 18.1 Å². The van der Waals surface area contributed by atoms with Crippen molar-refractivity contribution < 1.29 is 9.53 Å². The van der Waals surface area contributed by atoms with Crippen molar-refractivity contribution in [2.24, 2.45) is 0 Å². The maximum Gasteiger partial charge on any atom is 0.192 e. The second-order valence-electron chi connectivity index (χ2n) is 6.87. The van der Waals surface area contributed by atoms with Crippen molar-refractivity contribution in [2.75, 3.05) is 13.2 Å². The standard InChI is InChI=1S/C16H32O2Si/c1-14(11-12-17)9-8-10-15(2)13-18-19(6,7)16(3,4)5/h10-11,17H,8-9,12-13H2,1-7H3/b14-11+,15-10+. The smallest absolute Gasteiger partial charge is 0.192 e. The van der Waals surface area contributed by atoms with Crippen LogP contribution in [0.15, 0.2) is 23.3 Å². The predicted molar refractivity (Wildman–Crippen MR) is 87.0 cm³/mol. The van der Waals surface area contributed by atoms with Gasteiger partial charge in [-0.2, -0.15) is 0 Å². The number of aliphatic hydroxyl groups is 1. The van der Waals surface area contributed by atoms with Gasteiger partial charge in [0.15, 0.2) is 8.32 Å². The summed E-state index contributed by atoms with van der Waals surface area (Å²) in [5.41, 5.74) is 2.55. The highest BCUT2D eigenvalue weighted by atomic mass is 28.4. The van der Waals surface area contributed by atoms with Crippen LogP contribution < -0.4 is 0 Å². The predicted octanol–water partition coefficient (Wildman–Crippen LogP) is 4.67. The molecule has 0 rings (SSSR count). The second kappa shape index (κ2) is 8.03. The van der Waals surface area contributed by atoms with Gasteiger partial charge < -0.3 is 9.53 Å². The van der Waals surface area contributed by atoms with Gasteiger partial charge in [0.25, 0.3) is 0 Å². The summed E-state index contributed by atoms with van der Waals surface area (Å²) in [6.07, 6.45) is 6.16. The van der Waals surface area contributed by atoms with Gasteiger partial charge in [-0.3, -0.25) is 0 Å². The zero-order valence-electron chi connectivity index (χ0n) is 13.8. The first-order valence-corrected chi connectivity index (χ1v) is 10.1. The first kappa shape index (κ1) is 18.6. The average molecular weight is 285 g/mol. The van der Waals surface area contributed by atoms with E-state index in [1.165, 1.54) is 11.1 Å². The van der Waals surface area contributed by atoms with Crippen molar-refractivity contribution in [2.45, 2.75) is 65.6 Å². The number of hydrogen-bond acceptors (Lipinski definition) is 2. The molecule has 112 valence electrons. The van der Waals surface area contributed by atoms with Gasteiger partial charge in [-0.05, 0) is 44.8 Å². The van der Waals surface area contributed by atoms with E-state index in [9.17, 15) is 0 Å². The molecule has 0 aliphatic rings. The Labute approximate surface area is 120 Å². The van der Waals surface area contributed by atoms with E-state index in [4.69, 9.17) is 9.53 Å². The van der Waals surface area contributed by atoms with Gasteiger partial charge >= 0.3 is 0 Å². The normalized spacial score (nSPS) is 14.9. The lowest BCUT2D eigenvalue weighted by Crippen LogP contribution is -2.41. The van der Waals surface area contributed by atoms with Crippen molar-refractivity contribution in [3.63, 3.8) is 0 Å². The molecule has 0 unspecified atom stereocenters. The Morgan fingerprint density at radius 3 is 2.16 bits per heavy atom. The van der Waals surface area contributed by atoms with Gasteiger partial charge in [-0.25, -0.2) is 0 Å². The molecule has 0 aliphatic carbocycles. The van der Waals surface area contributed by atoms with E-state index < -0.39 is 8.32 Å². The molecular formula is C16H32O2Si. The molecule has 0 fully saturated rings. The molecule has 0 amide bonds. The van der Waals surface area contributed by atoms with Crippen LogP contribution in [0.25, 0.3) is 0 Å². The molecule has 0 aliphatic heterocycles. The Balaban J connectivity index is 4.18. The Hall–Kier alpha value is -0.383. The molecule has 3 heteroatoms. The molecule has 0 saturated carbocycles. The molecule has 1 N–H and O–H groups in total. The highest BCUT2D eigenvalue weighted by Gasteiger charge is 2.36. The van der Waals surface area contributed by atoms with Crippen molar-refractivity contribution in [3.8, 4) is 0 Å². The Morgan fingerprint density at radius 1 is 1.11 bits per heavy atom. The minimum atomic E-state index is -1.63. The summed E-state index contributed by atoms with van der Waals surface area (Å²) in [6.45, 7) is 16.5. The fraction of sp³-hybridized carbons (Fsp3) is 0.750. The summed E-state index contributed by atoms with van der Waals surface area (Å²) in [5, 5.41) is 9.06. The van der Waals surface area contributed by atoms with E-state index in [1.807, 2.05) is 6.08 Å². The Bertz CT molecular complexity index is 322. The third-order valence-corrected chi connectivity index (χ3v) is 8.42. The molecular weight excluding hydrogens is 252 g/mol. The second-order valence-corrected chi connectivity index (χ2v) is 11.7. The van der Waals surface area contributed by atoms with E-state index in [-0.39, 0.29) is 11.6 Å². The minimum absolute atomic E-state index is 0.142. The van der Waals surface area contributed by atoms with Crippen LogP contribution in [0.3, 0.4) is 0 Å². The minimum Gasteiger partial charge on any atom is -0.413 e.